The third kappa shape index (κ3) is 9.66. The van der Waals surface area contributed by atoms with E-state index in [-0.39, 0.29) is 45.2 Å². The Bertz CT molecular complexity index is 1570. The van der Waals surface area contributed by atoms with Crippen LogP contribution in [0.4, 0.5) is 14.4 Å². The van der Waals surface area contributed by atoms with Gasteiger partial charge in [0, 0.05) is 19.6 Å². The van der Waals surface area contributed by atoms with Gasteiger partial charge in [-0.2, -0.15) is 0 Å². The second-order valence-corrected chi connectivity index (χ2v) is 11.9. The summed E-state index contributed by atoms with van der Waals surface area (Å²) in [7, 11) is 0. The van der Waals surface area contributed by atoms with Crippen LogP contribution in [0.5, 0.6) is 0 Å². The number of β-lactam (4-membered cyclic amide) rings is 1. The molecule has 2 heterocycles. The van der Waals surface area contributed by atoms with Crippen molar-refractivity contribution in [2.75, 3.05) is 19.6 Å². The van der Waals surface area contributed by atoms with Crippen molar-refractivity contribution in [3.8, 4) is 0 Å². The average Bonchev–Trinajstić information content (AvgIpc) is 3.10. The van der Waals surface area contributed by atoms with Gasteiger partial charge in [0.15, 0.2) is 6.04 Å². The molecule has 3 aromatic carbocycles. The van der Waals surface area contributed by atoms with Crippen molar-refractivity contribution in [3.05, 3.63) is 108 Å². The summed E-state index contributed by atoms with van der Waals surface area (Å²) >= 11 is 0. The van der Waals surface area contributed by atoms with Gasteiger partial charge in [-0.15, -0.1) is 0 Å². The number of hydrogen-bond donors (Lipinski definition) is 2. The zero-order valence-corrected chi connectivity index (χ0v) is 27.2. The van der Waals surface area contributed by atoms with Crippen molar-refractivity contribution in [2.45, 2.75) is 45.6 Å². The number of ether oxygens (including phenoxy) is 3. The lowest BCUT2D eigenvalue weighted by molar-refractivity contribution is -0.172. The van der Waals surface area contributed by atoms with Gasteiger partial charge in [-0.1, -0.05) is 97.9 Å². The topological polar surface area (TPSA) is 156 Å². The number of esters is 1. The standard InChI is InChI=1S/C36H39N5O8/c1-25-20-40(21-25)36(46)41-30(32(43)47-22-26-12-5-2-6-13-26)29(31(41)42)18-11-19-37-33(38-34(44)48-23-27-14-7-3-8-15-27)39-35(45)49-24-28-16-9-4-10-17-28/h2-10,12-17,25,29-30H,11,18-24H2,1H3,(H2,37,38,39,44,45)/t29-,30?/m1/s1. The van der Waals surface area contributed by atoms with Gasteiger partial charge in [-0.05, 0) is 35.4 Å². The molecule has 0 spiro atoms. The highest BCUT2D eigenvalue weighted by atomic mass is 16.6. The number of aliphatic imine (C=N–C) groups is 1. The summed E-state index contributed by atoms with van der Waals surface area (Å²) in [6, 6.07) is 25.7. The molecule has 3 aromatic rings. The monoisotopic (exact) mass is 669 g/mol. The molecule has 0 saturated carbocycles. The van der Waals surface area contributed by atoms with E-state index in [0.29, 0.717) is 19.0 Å². The number of likely N-dealkylation sites (tertiary alicyclic amines) is 2. The molecular formula is C36H39N5O8. The first-order valence-corrected chi connectivity index (χ1v) is 16.1. The maximum Gasteiger partial charge on any atom is 0.414 e. The van der Waals surface area contributed by atoms with Crippen LogP contribution in [-0.2, 0) is 43.6 Å². The molecule has 2 atom stereocenters. The summed E-state index contributed by atoms with van der Waals surface area (Å²) < 4.78 is 16.1. The van der Waals surface area contributed by atoms with Crippen LogP contribution < -0.4 is 10.6 Å². The number of nitrogens with one attached hydrogen (secondary N) is 2. The molecule has 2 aliphatic rings. The zero-order chi connectivity index (χ0) is 34.6. The Hall–Kier alpha value is -5.72. The van der Waals surface area contributed by atoms with Crippen LogP contribution in [0.2, 0.25) is 0 Å². The third-order valence-corrected chi connectivity index (χ3v) is 8.03. The fraction of sp³-hybridized carbons (Fsp3) is 0.333. The van der Waals surface area contributed by atoms with E-state index in [4.69, 9.17) is 14.2 Å². The highest BCUT2D eigenvalue weighted by Gasteiger charge is 2.56. The molecule has 2 aliphatic heterocycles. The van der Waals surface area contributed by atoms with E-state index in [1.54, 1.807) is 24.3 Å². The number of amides is 5. The van der Waals surface area contributed by atoms with Gasteiger partial charge in [0.05, 0.1) is 5.92 Å². The first-order valence-electron chi connectivity index (χ1n) is 16.1. The number of guanidine groups is 1. The number of rotatable bonds is 11. The summed E-state index contributed by atoms with van der Waals surface area (Å²) in [4.78, 5) is 71.5. The smallest absolute Gasteiger partial charge is 0.414 e. The Kier molecular flexibility index (Phi) is 11.9. The van der Waals surface area contributed by atoms with E-state index in [0.717, 1.165) is 21.6 Å². The van der Waals surface area contributed by atoms with E-state index in [2.05, 4.69) is 15.6 Å². The molecule has 5 rings (SSSR count). The van der Waals surface area contributed by atoms with Crippen LogP contribution in [0.25, 0.3) is 0 Å². The van der Waals surface area contributed by atoms with Crippen molar-refractivity contribution in [2.24, 2.45) is 16.8 Å². The maximum absolute atomic E-state index is 13.2. The molecule has 0 aliphatic carbocycles. The van der Waals surface area contributed by atoms with Crippen LogP contribution in [0.15, 0.2) is 96.0 Å². The molecule has 5 amide bonds. The summed E-state index contributed by atoms with van der Waals surface area (Å²) in [5.41, 5.74) is 2.31. The molecule has 0 aromatic heterocycles. The third-order valence-electron chi connectivity index (χ3n) is 8.03. The Morgan fingerprint density at radius 3 is 1.67 bits per heavy atom. The highest BCUT2D eigenvalue weighted by Crippen LogP contribution is 2.34. The molecule has 2 saturated heterocycles. The molecule has 13 heteroatoms. The molecule has 1 unspecified atom stereocenters. The number of carbonyl (C=O) groups excluding carboxylic acids is 5. The predicted octanol–water partition coefficient (Wildman–Crippen LogP) is 4.62. The SMILES string of the molecule is CC1CN(C(=O)N2C(=O)[C@H](CCCN=C(NC(=O)OCc3ccccc3)NC(=O)OCc3ccccc3)C2C(=O)OCc2ccccc2)C1. The van der Waals surface area contributed by atoms with E-state index in [9.17, 15) is 24.0 Å². The number of alkyl carbamates (subject to hydrolysis) is 2. The van der Waals surface area contributed by atoms with E-state index >= 15 is 0 Å². The number of benzene rings is 3. The van der Waals surface area contributed by atoms with Gasteiger partial charge in [0.1, 0.15) is 19.8 Å². The fourth-order valence-electron chi connectivity index (χ4n) is 5.46. The minimum absolute atomic E-state index is 0.00444. The van der Waals surface area contributed by atoms with Crippen LogP contribution in [-0.4, -0.2) is 71.5 Å². The lowest BCUT2D eigenvalue weighted by Crippen LogP contribution is -2.70. The first kappa shape index (κ1) is 34.6. The molecule has 49 heavy (non-hydrogen) atoms. The van der Waals surface area contributed by atoms with Crippen LogP contribution in [0.1, 0.15) is 36.5 Å². The van der Waals surface area contributed by atoms with Crippen molar-refractivity contribution in [1.82, 2.24) is 20.4 Å². The van der Waals surface area contributed by atoms with Gasteiger partial charge in [0.25, 0.3) is 0 Å². The predicted molar refractivity (Wildman–Crippen MR) is 178 cm³/mol. The summed E-state index contributed by atoms with van der Waals surface area (Å²) in [5, 5.41) is 4.86. The van der Waals surface area contributed by atoms with E-state index in [1.165, 1.54) is 4.90 Å². The Balaban J connectivity index is 1.20. The lowest BCUT2D eigenvalue weighted by atomic mass is 9.83. The summed E-state index contributed by atoms with van der Waals surface area (Å²) in [6.45, 7) is 3.08. The lowest BCUT2D eigenvalue weighted by Gasteiger charge is -2.48. The summed E-state index contributed by atoms with van der Waals surface area (Å²) in [5.74, 6) is -1.80. The average molecular weight is 670 g/mol. The van der Waals surface area contributed by atoms with E-state index in [1.807, 2.05) is 73.7 Å². The Morgan fingerprint density at radius 2 is 1.20 bits per heavy atom. The Labute approximate surface area is 284 Å². The Morgan fingerprint density at radius 1 is 0.735 bits per heavy atom. The molecule has 2 N–H and O–H groups in total. The van der Waals surface area contributed by atoms with E-state index < -0.39 is 42.1 Å². The minimum Gasteiger partial charge on any atom is -0.459 e. The number of hydrogen-bond acceptors (Lipinski definition) is 9. The minimum atomic E-state index is -1.07. The van der Waals surface area contributed by atoms with Crippen molar-refractivity contribution in [1.29, 1.82) is 0 Å². The number of nitrogens with zero attached hydrogens (tertiary/aromatic N) is 3. The van der Waals surface area contributed by atoms with Crippen molar-refractivity contribution < 1.29 is 38.2 Å². The largest absolute Gasteiger partial charge is 0.459 e. The molecule has 2 fully saturated rings. The van der Waals surface area contributed by atoms with Crippen molar-refractivity contribution >= 4 is 36.1 Å². The van der Waals surface area contributed by atoms with Crippen LogP contribution in [0.3, 0.4) is 0 Å². The molecule has 0 bridgehead atoms. The second kappa shape index (κ2) is 16.9. The quantitative estimate of drug-likeness (QED) is 0.0749. The number of carbonyl (C=O) groups is 5. The maximum atomic E-state index is 13.2. The highest BCUT2D eigenvalue weighted by molar-refractivity contribution is 6.08. The summed E-state index contributed by atoms with van der Waals surface area (Å²) in [6.07, 6.45) is -1.21. The van der Waals surface area contributed by atoms with Gasteiger partial charge in [-0.3, -0.25) is 20.4 Å². The number of urea groups is 1. The second-order valence-electron chi connectivity index (χ2n) is 11.9. The van der Waals surface area contributed by atoms with Gasteiger partial charge in [-0.25, -0.2) is 24.1 Å². The zero-order valence-electron chi connectivity index (χ0n) is 27.2. The first-order chi connectivity index (χ1) is 23.8. The van der Waals surface area contributed by atoms with Gasteiger partial charge in [0.2, 0.25) is 11.9 Å². The molecule has 256 valence electrons. The van der Waals surface area contributed by atoms with Gasteiger partial charge < -0.3 is 19.1 Å². The molecule has 13 nitrogen and oxygen atoms in total. The van der Waals surface area contributed by atoms with Gasteiger partial charge >= 0.3 is 24.2 Å². The van der Waals surface area contributed by atoms with Crippen molar-refractivity contribution in [3.63, 3.8) is 0 Å². The fourth-order valence-corrected chi connectivity index (χ4v) is 5.46. The van der Waals surface area contributed by atoms with Crippen LogP contribution >= 0.6 is 0 Å². The molecular weight excluding hydrogens is 630 g/mol. The molecule has 0 radical (unpaired) electrons. The van der Waals surface area contributed by atoms with Crippen LogP contribution in [0, 0.1) is 11.8 Å². The normalized spacial score (nSPS) is 16.8. The number of imide groups is 1.